The molecule has 1 atom stereocenters. The number of fused-ring (bicyclic) bond motifs is 1. The Labute approximate surface area is 123 Å². The minimum atomic E-state index is -0.0555. The molecule has 0 aromatic heterocycles. The highest BCUT2D eigenvalue weighted by atomic mass is 16.5. The van der Waals surface area contributed by atoms with Gasteiger partial charge in [-0.2, -0.15) is 0 Å². The Balaban J connectivity index is 1.60. The van der Waals surface area contributed by atoms with Gasteiger partial charge in [0, 0.05) is 36.8 Å². The molecule has 1 aromatic rings. The molecule has 6 heteroatoms. The molecular formula is C15H19N3O3. The lowest BCUT2D eigenvalue weighted by atomic mass is 10.0. The molecule has 0 bridgehead atoms. The van der Waals surface area contributed by atoms with Gasteiger partial charge >= 0.3 is 0 Å². The Morgan fingerprint density at radius 2 is 2.29 bits per heavy atom. The Hall–Kier alpha value is -1.92. The van der Waals surface area contributed by atoms with Crippen LogP contribution in [0.4, 0.5) is 11.4 Å². The molecule has 2 heterocycles. The van der Waals surface area contributed by atoms with Crippen LogP contribution in [0.25, 0.3) is 0 Å². The van der Waals surface area contributed by atoms with Crippen molar-refractivity contribution >= 4 is 23.2 Å². The molecule has 0 aliphatic carbocycles. The van der Waals surface area contributed by atoms with Crippen LogP contribution in [-0.2, 0) is 20.7 Å². The summed E-state index contributed by atoms with van der Waals surface area (Å²) in [6, 6.07) is 5.71. The third-order valence-corrected chi connectivity index (χ3v) is 3.72. The standard InChI is InChI=1S/C15H19N3O3/c19-14-4-2-10-1-3-11(7-13(10)18-14)17-15(20)8-12-9-21-6-5-16-12/h1,3,7,12,16H,2,4-6,8-9H2,(H,17,20)(H,18,19). The van der Waals surface area contributed by atoms with Crippen molar-refractivity contribution in [1.29, 1.82) is 0 Å². The van der Waals surface area contributed by atoms with Crippen molar-refractivity contribution in [1.82, 2.24) is 5.32 Å². The van der Waals surface area contributed by atoms with Crippen molar-refractivity contribution in [3.8, 4) is 0 Å². The molecule has 2 aliphatic rings. The van der Waals surface area contributed by atoms with Crippen molar-refractivity contribution in [2.24, 2.45) is 0 Å². The fourth-order valence-corrected chi connectivity index (χ4v) is 2.64. The molecule has 0 radical (unpaired) electrons. The molecule has 6 nitrogen and oxygen atoms in total. The van der Waals surface area contributed by atoms with Crippen LogP contribution in [0.2, 0.25) is 0 Å². The average Bonchev–Trinajstić information content (AvgIpc) is 2.47. The van der Waals surface area contributed by atoms with Gasteiger partial charge in [0.2, 0.25) is 11.8 Å². The maximum Gasteiger partial charge on any atom is 0.226 e. The van der Waals surface area contributed by atoms with Crippen molar-refractivity contribution in [2.75, 3.05) is 30.4 Å². The van der Waals surface area contributed by atoms with Gasteiger partial charge in [-0.15, -0.1) is 0 Å². The fraction of sp³-hybridized carbons (Fsp3) is 0.467. The molecule has 1 saturated heterocycles. The van der Waals surface area contributed by atoms with E-state index in [-0.39, 0.29) is 17.9 Å². The molecule has 0 saturated carbocycles. The minimum Gasteiger partial charge on any atom is -0.378 e. The molecule has 3 rings (SSSR count). The molecule has 1 unspecified atom stereocenters. The molecule has 1 aromatic carbocycles. The number of ether oxygens (including phenoxy) is 1. The number of anilines is 2. The Kier molecular flexibility index (Phi) is 4.17. The predicted octanol–water partition coefficient (Wildman–Crippen LogP) is 0.888. The summed E-state index contributed by atoms with van der Waals surface area (Å²) in [4.78, 5) is 23.4. The summed E-state index contributed by atoms with van der Waals surface area (Å²) in [6.45, 7) is 2.04. The van der Waals surface area contributed by atoms with E-state index in [1.807, 2.05) is 18.2 Å². The van der Waals surface area contributed by atoms with Crippen LogP contribution in [0.15, 0.2) is 18.2 Å². The van der Waals surface area contributed by atoms with Gasteiger partial charge in [0.05, 0.1) is 13.2 Å². The Bertz CT molecular complexity index is 553. The molecule has 21 heavy (non-hydrogen) atoms. The van der Waals surface area contributed by atoms with Crippen LogP contribution < -0.4 is 16.0 Å². The number of benzene rings is 1. The van der Waals surface area contributed by atoms with Crippen LogP contribution in [0.5, 0.6) is 0 Å². The number of rotatable bonds is 3. The SMILES string of the molecule is O=C(CC1COCCN1)Nc1ccc2c(c1)NC(=O)CC2. The van der Waals surface area contributed by atoms with Crippen molar-refractivity contribution in [3.05, 3.63) is 23.8 Å². The smallest absolute Gasteiger partial charge is 0.226 e. The number of aryl methyl sites for hydroxylation is 1. The van der Waals surface area contributed by atoms with E-state index >= 15 is 0 Å². The zero-order chi connectivity index (χ0) is 14.7. The van der Waals surface area contributed by atoms with E-state index in [4.69, 9.17) is 4.74 Å². The Morgan fingerprint density at radius 1 is 1.38 bits per heavy atom. The first-order chi connectivity index (χ1) is 10.2. The zero-order valence-electron chi connectivity index (χ0n) is 11.8. The van der Waals surface area contributed by atoms with Gasteiger partial charge in [-0.05, 0) is 24.1 Å². The predicted molar refractivity (Wildman–Crippen MR) is 79.2 cm³/mol. The second-order valence-electron chi connectivity index (χ2n) is 5.40. The van der Waals surface area contributed by atoms with Crippen LogP contribution in [0.1, 0.15) is 18.4 Å². The van der Waals surface area contributed by atoms with Crippen LogP contribution in [0.3, 0.4) is 0 Å². The van der Waals surface area contributed by atoms with Crippen molar-refractivity contribution < 1.29 is 14.3 Å². The van der Waals surface area contributed by atoms with E-state index in [1.165, 1.54) is 0 Å². The monoisotopic (exact) mass is 289 g/mol. The molecule has 2 aliphatic heterocycles. The lowest BCUT2D eigenvalue weighted by molar-refractivity contribution is -0.117. The van der Waals surface area contributed by atoms with Gasteiger partial charge in [0.15, 0.2) is 0 Å². The molecule has 2 amide bonds. The molecule has 1 fully saturated rings. The summed E-state index contributed by atoms with van der Waals surface area (Å²) in [7, 11) is 0. The summed E-state index contributed by atoms with van der Waals surface area (Å²) in [5.74, 6) is -0.0328. The summed E-state index contributed by atoms with van der Waals surface area (Å²) < 4.78 is 5.33. The fourth-order valence-electron chi connectivity index (χ4n) is 2.64. The number of carbonyl (C=O) groups is 2. The lowest BCUT2D eigenvalue weighted by Gasteiger charge is -2.23. The minimum absolute atomic E-state index is 0.0227. The number of hydrogen-bond donors (Lipinski definition) is 3. The third-order valence-electron chi connectivity index (χ3n) is 3.72. The maximum absolute atomic E-state index is 12.0. The normalized spacial score (nSPS) is 21.3. The average molecular weight is 289 g/mol. The van der Waals surface area contributed by atoms with Gasteiger partial charge < -0.3 is 20.7 Å². The van der Waals surface area contributed by atoms with E-state index in [0.717, 1.165) is 24.2 Å². The number of amides is 2. The van der Waals surface area contributed by atoms with Crippen LogP contribution in [-0.4, -0.2) is 37.6 Å². The number of nitrogens with one attached hydrogen (secondary N) is 3. The van der Waals surface area contributed by atoms with E-state index < -0.39 is 0 Å². The molecular weight excluding hydrogens is 270 g/mol. The number of carbonyl (C=O) groups excluding carboxylic acids is 2. The summed E-state index contributed by atoms with van der Waals surface area (Å²) in [5, 5.41) is 8.95. The topological polar surface area (TPSA) is 79.5 Å². The van der Waals surface area contributed by atoms with E-state index in [1.54, 1.807) is 0 Å². The summed E-state index contributed by atoms with van der Waals surface area (Å²) in [5.41, 5.74) is 2.61. The highest BCUT2D eigenvalue weighted by molar-refractivity contribution is 5.96. The van der Waals surface area contributed by atoms with E-state index in [0.29, 0.717) is 31.7 Å². The highest BCUT2D eigenvalue weighted by Gasteiger charge is 2.18. The van der Waals surface area contributed by atoms with Gasteiger partial charge in [-0.25, -0.2) is 0 Å². The quantitative estimate of drug-likeness (QED) is 0.772. The second kappa shape index (κ2) is 6.24. The first-order valence-electron chi connectivity index (χ1n) is 7.24. The largest absolute Gasteiger partial charge is 0.378 e. The molecule has 112 valence electrons. The summed E-state index contributed by atoms with van der Waals surface area (Å²) >= 11 is 0. The molecule has 3 N–H and O–H groups in total. The van der Waals surface area contributed by atoms with Gasteiger partial charge in [0.25, 0.3) is 0 Å². The Morgan fingerprint density at radius 3 is 3.10 bits per heavy atom. The maximum atomic E-state index is 12.0. The van der Waals surface area contributed by atoms with Gasteiger partial charge in [-0.3, -0.25) is 9.59 Å². The van der Waals surface area contributed by atoms with Crippen molar-refractivity contribution in [3.63, 3.8) is 0 Å². The number of morpholine rings is 1. The number of hydrogen-bond acceptors (Lipinski definition) is 4. The molecule has 0 spiro atoms. The van der Waals surface area contributed by atoms with Gasteiger partial charge in [-0.1, -0.05) is 6.07 Å². The van der Waals surface area contributed by atoms with Crippen molar-refractivity contribution in [2.45, 2.75) is 25.3 Å². The van der Waals surface area contributed by atoms with E-state index in [2.05, 4.69) is 16.0 Å². The van der Waals surface area contributed by atoms with Gasteiger partial charge in [0.1, 0.15) is 0 Å². The first-order valence-corrected chi connectivity index (χ1v) is 7.24. The lowest BCUT2D eigenvalue weighted by Crippen LogP contribution is -2.43. The zero-order valence-corrected chi connectivity index (χ0v) is 11.8. The van der Waals surface area contributed by atoms with Crippen LogP contribution in [0, 0.1) is 0 Å². The summed E-state index contributed by atoms with van der Waals surface area (Å²) in [6.07, 6.45) is 1.65. The third kappa shape index (κ3) is 3.59. The highest BCUT2D eigenvalue weighted by Crippen LogP contribution is 2.26. The van der Waals surface area contributed by atoms with E-state index in [9.17, 15) is 9.59 Å². The first kappa shape index (κ1) is 14.0. The second-order valence-corrected chi connectivity index (χ2v) is 5.40. The van der Waals surface area contributed by atoms with Crippen LogP contribution >= 0.6 is 0 Å².